The topological polar surface area (TPSA) is 63.7 Å². The average Bonchev–Trinajstić information content (AvgIpc) is 2.74. The Balaban J connectivity index is 1.84. The summed E-state index contributed by atoms with van der Waals surface area (Å²) in [5.74, 6) is 2.37. The first-order valence-corrected chi connectivity index (χ1v) is 11.4. The molecule has 1 aromatic carbocycles. The molecule has 0 saturated carbocycles. The van der Waals surface area contributed by atoms with Crippen LogP contribution >= 0.6 is 15.9 Å². The fourth-order valence-electron chi connectivity index (χ4n) is 3.79. The van der Waals surface area contributed by atoms with Crippen LogP contribution in [0, 0.1) is 5.92 Å². The van der Waals surface area contributed by atoms with Gasteiger partial charge in [-0.25, -0.2) is 4.98 Å². The minimum absolute atomic E-state index is 0.0374. The third kappa shape index (κ3) is 5.45. The van der Waals surface area contributed by atoms with Gasteiger partial charge in [-0.2, -0.15) is 0 Å². The van der Waals surface area contributed by atoms with Crippen LogP contribution in [0.5, 0.6) is 11.5 Å². The van der Waals surface area contributed by atoms with Crippen molar-refractivity contribution >= 4 is 27.7 Å². The number of carbonyl (C=O) groups excluding carboxylic acids is 1. The van der Waals surface area contributed by atoms with Crippen LogP contribution in [0.2, 0.25) is 0 Å². The monoisotopic (exact) mass is 475 g/mol. The van der Waals surface area contributed by atoms with Crippen LogP contribution in [-0.2, 0) is 0 Å². The van der Waals surface area contributed by atoms with E-state index in [4.69, 9.17) is 9.47 Å². The number of aromatic nitrogens is 1. The molecule has 2 atom stereocenters. The van der Waals surface area contributed by atoms with Crippen LogP contribution in [-0.4, -0.2) is 48.1 Å². The SMILES string of the molecule is CCOc1cccc(OCC)c1C(=O)N1C[C@@H](C)CCC1CNc1ccc(Br)cn1. The minimum Gasteiger partial charge on any atom is -0.493 e. The molecule has 0 spiro atoms. The molecular formula is C23H30BrN3O3. The number of halogens is 1. The molecule has 1 amide bonds. The van der Waals surface area contributed by atoms with Gasteiger partial charge in [0.2, 0.25) is 0 Å². The maximum absolute atomic E-state index is 13.7. The van der Waals surface area contributed by atoms with Crippen molar-refractivity contribution in [1.29, 1.82) is 0 Å². The Kier molecular flexibility index (Phi) is 7.96. The summed E-state index contributed by atoms with van der Waals surface area (Å²) in [5, 5.41) is 3.38. The number of pyridine rings is 1. The maximum Gasteiger partial charge on any atom is 0.261 e. The molecule has 0 bridgehead atoms. The van der Waals surface area contributed by atoms with E-state index in [1.807, 2.05) is 49.1 Å². The number of anilines is 1. The molecular weight excluding hydrogens is 446 g/mol. The highest BCUT2D eigenvalue weighted by Crippen LogP contribution is 2.33. The molecule has 1 aliphatic heterocycles. The van der Waals surface area contributed by atoms with Crippen LogP contribution in [0.3, 0.4) is 0 Å². The van der Waals surface area contributed by atoms with Crippen molar-refractivity contribution in [1.82, 2.24) is 9.88 Å². The van der Waals surface area contributed by atoms with Crippen molar-refractivity contribution in [2.45, 2.75) is 39.7 Å². The Hall–Kier alpha value is -2.28. The predicted octanol–water partition coefficient (Wildman–Crippen LogP) is 4.99. The molecule has 0 radical (unpaired) electrons. The Labute approximate surface area is 187 Å². The summed E-state index contributed by atoms with van der Waals surface area (Å²) in [6.07, 6.45) is 3.80. The summed E-state index contributed by atoms with van der Waals surface area (Å²) in [6, 6.07) is 9.50. The van der Waals surface area contributed by atoms with Gasteiger partial charge in [0.15, 0.2) is 0 Å². The smallest absolute Gasteiger partial charge is 0.261 e. The first kappa shape index (κ1) is 22.4. The third-order valence-electron chi connectivity index (χ3n) is 5.25. The van der Waals surface area contributed by atoms with Gasteiger partial charge in [-0.3, -0.25) is 4.79 Å². The molecule has 1 aromatic heterocycles. The average molecular weight is 476 g/mol. The van der Waals surface area contributed by atoms with Crippen LogP contribution in [0.4, 0.5) is 5.82 Å². The predicted molar refractivity (Wildman–Crippen MR) is 122 cm³/mol. The third-order valence-corrected chi connectivity index (χ3v) is 5.72. The van der Waals surface area contributed by atoms with Crippen molar-refractivity contribution < 1.29 is 14.3 Å². The number of carbonyl (C=O) groups is 1. The number of benzene rings is 1. The molecule has 1 unspecified atom stereocenters. The van der Waals surface area contributed by atoms with E-state index in [9.17, 15) is 4.79 Å². The quantitative estimate of drug-likeness (QED) is 0.582. The first-order chi connectivity index (χ1) is 14.5. The molecule has 30 heavy (non-hydrogen) atoms. The van der Waals surface area contributed by atoms with Gasteiger partial charge in [-0.1, -0.05) is 13.0 Å². The number of likely N-dealkylation sites (tertiary alicyclic amines) is 1. The molecule has 2 aromatic rings. The zero-order valence-electron chi connectivity index (χ0n) is 17.9. The fourth-order valence-corrected chi connectivity index (χ4v) is 4.02. The van der Waals surface area contributed by atoms with E-state index < -0.39 is 0 Å². The van der Waals surface area contributed by atoms with Gasteiger partial charge >= 0.3 is 0 Å². The number of amides is 1. The zero-order chi connectivity index (χ0) is 21.5. The lowest BCUT2D eigenvalue weighted by molar-refractivity contribution is 0.0557. The van der Waals surface area contributed by atoms with E-state index in [0.717, 1.165) is 23.1 Å². The van der Waals surface area contributed by atoms with Gasteiger partial charge < -0.3 is 19.7 Å². The Morgan fingerprint density at radius 1 is 1.17 bits per heavy atom. The van der Waals surface area contributed by atoms with E-state index in [2.05, 4.69) is 33.2 Å². The number of hydrogen-bond acceptors (Lipinski definition) is 5. The number of piperidine rings is 1. The number of nitrogens with one attached hydrogen (secondary N) is 1. The second-order valence-electron chi connectivity index (χ2n) is 7.53. The van der Waals surface area contributed by atoms with Crippen LogP contribution in [0.25, 0.3) is 0 Å². The summed E-state index contributed by atoms with van der Waals surface area (Å²) in [6.45, 7) is 8.38. The molecule has 1 saturated heterocycles. The van der Waals surface area contributed by atoms with Gasteiger partial charge in [0.25, 0.3) is 5.91 Å². The Bertz CT molecular complexity index is 820. The molecule has 0 aliphatic carbocycles. The van der Waals surface area contributed by atoms with E-state index in [0.29, 0.717) is 49.3 Å². The van der Waals surface area contributed by atoms with Crippen molar-refractivity contribution in [3.63, 3.8) is 0 Å². The number of rotatable bonds is 8. The Morgan fingerprint density at radius 2 is 1.87 bits per heavy atom. The lowest BCUT2D eigenvalue weighted by Gasteiger charge is -2.39. The first-order valence-electron chi connectivity index (χ1n) is 10.6. The molecule has 1 aliphatic rings. The molecule has 1 N–H and O–H groups in total. The number of hydrogen-bond donors (Lipinski definition) is 1. The zero-order valence-corrected chi connectivity index (χ0v) is 19.4. The molecule has 162 valence electrons. The molecule has 7 heteroatoms. The largest absolute Gasteiger partial charge is 0.493 e. The van der Waals surface area contributed by atoms with Gasteiger partial charge in [0, 0.05) is 29.8 Å². The highest BCUT2D eigenvalue weighted by atomic mass is 79.9. The minimum atomic E-state index is -0.0374. The maximum atomic E-state index is 13.7. The van der Waals surface area contributed by atoms with Gasteiger partial charge in [-0.15, -0.1) is 0 Å². The van der Waals surface area contributed by atoms with E-state index in [-0.39, 0.29) is 11.9 Å². The molecule has 1 fully saturated rings. The number of nitrogens with zero attached hydrogens (tertiary/aromatic N) is 2. The molecule has 6 nitrogen and oxygen atoms in total. The van der Waals surface area contributed by atoms with Crippen molar-refractivity contribution in [3.05, 3.63) is 46.6 Å². The second-order valence-corrected chi connectivity index (χ2v) is 8.45. The van der Waals surface area contributed by atoms with Crippen molar-refractivity contribution in [2.24, 2.45) is 5.92 Å². The summed E-state index contributed by atoms with van der Waals surface area (Å²) in [4.78, 5) is 20.1. The van der Waals surface area contributed by atoms with E-state index >= 15 is 0 Å². The van der Waals surface area contributed by atoms with Gasteiger partial charge in [-0.05, 0) is 72.8 Å². The lowest BCUT2D eigenvalue weighted by Crippen LogP contribution is -2.49. The van der Waals surface area contributed by atoms with Gasteiger partial charge in [0.1, 0.15) is 22.9 Å². The normalized spacial score (nSPS) is 18.7. The highest BCUT2D eigenvalue weighted by molar-refractivity contribution is 9.10. The summed E-state index contributed by atoms with van der Waals surface area (Å²) in [5.41, 5.74) is 0.516. The van der Waals surface area contributed by atoms with Crippen molar-refractivity contribution in [3.8, 4) is 11.5 Å². The van der Waals surface area contributed by atoms with Crippen LogP contribution < -0.4 is 14.8 Å². The summed E-state index contributed by atoms with van der Waals surface area (Å²) < 4.78 is 12.5. The molecule has 3 rings (SSSR count). The summed E-state index contributed by atoms with van der Waals surface area (Å²) in [7, 11) is 0. The number of ether oxygens (including phenoxy) is 2. The molecule has 2 heterocycles. The standard InChI is InChI=1S/C23H30BrN3O3/c1-4-29-19-7-6-8-20(30-5-2)22(19)23(28)27-15-16(3)9-11-18(27)14-26-21-12-10-17(24)13-25-21/h6-8,10,12-13,16,18H,4-5,9,11,14-15H2,1-3H3,(H,25,26)/t16-,18?/m0/s1. The highest BCUT2D eigenvalue weighted by Gasteiger charge is 2.33. The second kappa shape index (κ2) is 10.7. The summed E-state index contributed by atoms with van der Waals surface area (Å²) >= 11 is 3.41. The Morgan fingerprint density at radius 3 is 2.47 bits per heavy atom. The van der Waals surface area contributed by atoms with Gasteiger partial charge in [0.05, 0.1) is 13.2 Å². The van der Waals surface area contributed by atoms with E-state index in [1.165, 1.54) is 0 Å². The van der Waals surface area contributed by atoms with E-state index in [1.54, 1.807) is 6.20 Å². The fraction of sp³-hybridized carbons (Fsp3) is 0.478. The van der Waals surface area contributed by atoms with Crippen LogP contribution in [0.15, 0.2) is 41.0 Å². The van der Waals surface area contributed by atoms with Crippen LogP contribution in [0.1, 0.15) is 44.0 Å². The lowest BCUT2D eigenvalue weighted by atomic mass is 9.93. The van der Waals surface area contributed by atoms with Crippen molar-refractivity contribution in [2.75, 3.05) is 31.6 Å².